The zero-order valence-electron chi connectivity index (χ0n) is 11.3. The summed E-state index contributed by atoms with van der Waals surface area (Å²) in [4.78, 5) is 8.95. The molecule has 1 atom stereocenters. The van der Waals surface area contributed by atoms with E-state index >= 15 is 0 Å². The Morgan fingerprint density at radius 2 is 2.06 bits per heavy atom. The first-order valence-electron chi connectivity index (χ1n) is 6.57. The molecule has 0 aromatic carbocycles. The Morgan fingerprint density at radius 3 is 2.59 bits per heavy atom. The second-order valence-corrected chi connectivity index (χ2v) is 6.14. The second-order valence-electron chi connectivity index (χ2n) is 6.14. The molecule has 1 aliphatic rings. The number of hydrogen-bond acceptors (Lipinski definition) is 3. The SMILES string of the molecule is CC(Nc1ccnc(C(C)(C)C)n1)C1CCC1. The normalized spacial score (nSPS) is 18.6. The second kappa shape index (κ2) is 4.63. The predicted molar refractivity (Wildman–Crippen MR) is 71.2 cm³/mol. The van der Waals surface area contributed by atoms with E-state index in [0.717, 1.165) is 17.6 Å². The fraction of sp³-hybridized carbons (Fsp3) is 0.714. The van der Waals surface area contributed by atoms with Crippen molar-refractivity contribution in [2.24, 2.45) is 5.92 Å². The zero-order valence-corrected chi connectivity index (χ0v) is 11.3. The Kier molecular flexibility index (Phi) is 3.36. The lowest BCUT2D eigenvalue weighted by molar-refractivity contribution is 0.285. The van der Waals surface area contributed by atoms with Crippen molar-refractivity contribution in [2.75, 3.05) is 5.32 Å². The highest BCUT2D eigenvalue weighted by atomic mass is 15.1. The third-order valence-corrected chi connectivity index (χ3v) is 3.56. The van der Waals surface area contributed by atoms with E-state index in [4.69, 9.17) is 0 Å². The Bertz CT molecular complexity index is 377. The first-order valence-corrected chi connectivity index (χ1v) is 6.57. The van der Waals surface area contributed by atoms with Crippen LogP contribution in [0.4, 0.5) is 5.82 Å². The highest BCUT2D eigenvalue weighted by Gasteiger charge is 2.24. The van der Waals surface area contributed by atoms with Gasteiger partial charge in [0.05, 0.1) is 0 Å². The predicted octanol–water partition coefficient (Wildman–Crippen LogP) is 3.37. The molecule has 1 saturated carbocycles. The number of anilines is 1. The molecular weight excluding hydrogens is 210 g/mol. The van der Waals surface area contributed by atoms with Crippen molar-refractivity contribution >= 4 is 5.82 Å². The van der Waals surface area contributed by atoms with Crippen LogP contribution in [0.1, 0.15) is 52.8 Å². The number of hydrogen-bond donors (Lipinski definition) is 1. The van der Waals surface area contributed by atoms with Crippen LogP contribution >= 0.6 is 0 Å². The maximum absolute atomic E-state index is 4.60. The lowest BCUT2D eigenvalue weighted by Crippen LogP contribution is -2.31. The van der Waals surface area contributed by atoms with Crippen molar-refractivity contribution in [3.05, 3.63) is 18.1 Å². The maximum Gasteiger partial charge on any atom is 0.135 e. The lowest BCUT2D eigenvalue weighted by atomic mass is 9.80. The summed E-state index contributed by atoms with van der Waals surface area (Å²) in [5.74, 6) is 2.69. The average molecular weight is 233 g/mol. The standard InChI is InChI=1S/C14H23N3/c1-10(11-6-5-7-11)16-12-8-9-15-13(17-12)14(2,3)4/h8-11H,5-7H2,1-4H3,(H,15,16,17). The van der Waals surface area contributed by atoms with Gasteiger partial charge < -0.3 is 5.32 Å². The Hall–Kier alpha value is -1.12. The first kappa shape index (κ1) is 12.3. The zero-order chi connectivity index (χ0) is 12.5. The molecule has 1 aromatic rings. The molecular formula is C14H23N3. The monoisotopic (exact) mass is 233 g/mol. The summed E-state index contributed by atoms with van der Waals surface area (Å²) in [6.07, 6.45) is 5.94. The molecule has 94 valence electrons. The molecule has 0 spiro atoms. The molecule has 17 heavy (non-hydrogen) atoms. The van der Waals surface area contributed by atoms with Crippen molar-refractivity contribution in [3.63, 3.8) is 0 Å². The van der Waals surface area contributed by atoms with Gasteiger partial charge in [-0.1, -0.05) is 27.2 Å². The average Bonchev–Trinajstić information content (AvgIpc) is 2.13. The largest absolute Gasteiger partial charge is 0.367 e. The van der Waals surface area contributed by atoms with Gasteiger partial charge in [-0.15, -0.1) is 0 Å². The molecule has 1 aliphatic carbocycles. The quantitative estimate of drug-likeness (QED) is 0.869. The summed E-state index contributed by atoms with van der Waals surface area (Å²) in [5.41, 5.74) is 0.0113. The minimum atomic E-state index is 0.0113. The van der Waals surface area contributed by atoms with Crippen LogP contribution in [-0.2, 0) is 5.41 Å². The van der Waals surface area contributed by atoms with Crippen LogP contribution in [-0.4, -0.2) is 16.0 Å². The highest BCUT2D eigenvalue weighted by Crippen LogP contribution is 2.30. The number of aromatic nitrogens is 2. The summed E-state index contributed by atoms with van der Waals surface area (Å²) in [6, 6.07) is 2.48. The molecule has 0 bridgehead atoms. The maximum atomic E-state index is 4.60. The van der Waals surface area contributed by atoms with Gasteiger partial charge in [0.2, 0.25) is 0 Å². The molecule has 0 aliphatic heterocycles. The Balaban J connectivity index is 2.05. The molecule has 3 nitrogen and oxygen atoms in total. The molecule has 0 amide bonds. The van der Waals surface area contributed by atoms with E-state index in [0.29, 0.717) is 6.04 Å². The van der Waals surface area contributed by atoms with Crippen molar-refractivity contribution in [3.8, 4) is 0 Å². The van der Waals surface area contributed by atoms with E-state index in [1.54, 1.807) is 0 Å². The molecule has 1 fully saturated rings. The van der Waals surface area contributed by atoms with Gasteiger partial charge in [-0.2, -0.15) is 0 Å². The fourth-order valence-corrected chi connectivity index (χ4v) is 2.09. The molecule has 1 aromatic heterocycles. The molecule has 0 radical (unpaired) electrons. The lowest BCUT2D eigenvalue weighted by Gasteiger charge is -2.32. The third-order valence-electron chi connectivity index (χ3n) is 3.56. The van der Waals surface area contributed by atoms with Crippen LogP contribution in [0.2, 0.25) is 0 Å². The minimum absolute atomic E-state index is 0.0113. The van der Waals surface area contributed by atoms with Gasteiger partial charge in [0, 0.05) is 17.7 Å². The fourth-order valence-electron chi connectivity index (χ4n) is 2.09. The van der Waals surface area contributed by atoms with Crippen LogP contribution in [0.5, 0.6) is 0 Å². The minimum Gasteiger partial charge on any atom is -0.367 e. The number of rotatable bonds is 3. The third kappa shape index (κ3) is 2.96. The molecule has 1 unspecified atom stereocenters. The van der Waals surface area contributed by atoms with E-state index in [1.165, 1.54) is 19.3 Å². The smallest absolute Gasteiger partial charge is 0.135 e. The summed E-state index contributed by atoms with van der Waals surface area (Å²) < 4.78 is 0. The summed E-state index contributed by atoms with van der Waals surface area (Å²) >= 11 is 0. The van der Waals surface area contributed by atoms with Gasteiger partial charge in [0.15, 0.2) is 0 Å². The number of nitrogens with zero attached hydrogens (tertiary/aromatic N) is 2. The van der Waals surface area contributed by atoms with Crippen molar-refractivity contribution < 1.29 is 0 Å². The molecule has 1 N–H and O–H groups in total. The van der Waals surface area contributed by atoms with Crippen molar-refractivity contribution in [1.29, 1.82) is 0 Å². The number of nitrogens with one attached hydrogen (secondary N) is 1. The van der Waals surface area contributed by atoms with E-state index < -0.39 is 0 Å². The summed E-state index contributed by atoms with van der Waals surface area (Å²) in [6.45, 7) is 8.67. The van der Waals surface area contributed by atoms with Gasteiger partial charge >= 0.3 is 0 Å². The topological polar surface area (TPSA) is 37.8 Å². The van der Waals surface area contributed by atoms with E-state index in [2.05, 4.69) is 43.0 Å². The summed E-state index contributed by atoms with van der Waals surface area (Å²) in [7, 11) is 0. The van der Waals surface area contributed by atoms with Gasteiger partial charge in [0.25, 0.3) is 0 Å². The van der Waals surface area contributed by atoms with E-state index in [9.17, 15) is 0 Å². The van der Waals surface area contributed by atoms with Gasteiger partial charge in [-0.25, -0.2) is 9.97 Å². The molecule has 0 saturated heterocycles. The van der Waals surface area contributed by atoms with Gasteiger partial charge in [-0.3, -0.25) is 0 Å². The van der Waals surface area contributed by atoms with Crippen LogP contribution in [0.3, 0.4) is 0 Å². The molecule has 1 heterocycles. The Morgan fingerprint density at radius 1 is 1.35 bits per heavy atom. The molecule has 2 rings (SSSR count). The summed E-state index contributed by atoms with van der Waals surface area (Å²) in [5, 5.41) is 3.51. The van der Waals surface area contributed by atoms with Crippen LogP contribution in [0, 0.1) is 5.92 Å². The van der Waals surface area contributed by atoms with E-state index in [-0.39, 0.29) is 5.41 Å². The van der Waals surface area contributed by atoms with E-state index in [1.807, 2.05) is 12.3 Å². The van der Waals surface area contributed by atoms with Crippen molar-refractivity contribution in [2.45, 2.75) is 58.4 Å². The Labute approximate surface area is 104 Å². The van der Waals surface area contributed by atoms with Crippen molar-refractivity contribution in [1.82, 2.24) is 9.97 Å². The highest BCUT2D eigenvalue weighted by molar-refractivity contribution is 5.35. The van der Waals surface area contributed by atoms with Crippen LogP contribution in [0.15, 0.2) is 12.3 Å². The van der Waals surface area contributed by atoms with Gasteiger partial charge in [0.1, 0.15) is 11.6 Å². The van der Waals surface area contributed by atoms with Crippen LogP contribution < -0.4 is 5.32 Å². The van der Waals surface area contributed by atoms with Gasteiger partial charge in [-0.05, 0) is 31.7 Å². The molecule has 3 heteroatoms. The first-order chi connectivity index (χ1) is 7.97. The van der Waals surface area contributed by atoms with Crippen LogP contribution in [0.25, 0.3) is 0 Å².